The predicted molar refractivity (Wildman–Crippen MR) is 212 cm³/mol. The standard InChI is InChI=1S/C47H29N3S/c48-29-31-19-21-34(22-20-31)45-28-38(27-44(50-45)33-12-5-2-6-13-33)37-24-36(35-14-9-23-49-30-35)25-39(26-37)41-16-8-18-43-42-17-7-15-40(46(42)51-47(41)43)32-10-3-1-4-11-32/h1-28,30H. The van der Waals surface area contributed by atoms with E-state index in [-0.39, 0.29) is 0 Å². The second kappa shape index (κ2) is 13.0. The lowest BCUT2D eigenvalue weighted by Crippen LogP contribution is -1.92. The predicted octanol–water partition coefficient (Wildman–Crippen LogP) is 12.7. The lowest BCUT2D eigenvalue weighted by atomic mass is 9.92. The molecule has 6 aromatic carbocycles. The average molecular weight is 668 g/mol. The van der Waals surface area contributed by atoms with Crippen LogP contribution in [0.3, 0.4) is 0 Å². The smallest absolute Gasteiger partial charge is 0.0991 e. The SMILES string of the molecule is N#Cc1ccc(-c2cc(-c3cc(-c4cccnc4)cc(-c4cccc5c4sc4c(-c6ccccc6)cccc45)c3)cc(-c3ccccc3)n2)cc1. The van der Waals surface area contributed by atoms with Gasteiger partial charge >= 0.3 is 0 Å². The van der Waals surface area contributed by atoms with Gasteiger partial charge in [-0.25, -0.2) is 4.98 Å². The van der Waals surface area contributed by atoms with Crippen LogP contribution in [0.2, 0.25) is 0 Å². The van der Waals surface area contributed by atoms with Gasteiger partial charge in [-0.2, -0.15) is 5.26 Å². The number of nitriles is 1. The summed E-state index contributed by atoms with van der Waals surface area (Å²) in [6.45, 7) is 0. The molecular formula is C47H29N3S. The Bertz CT molecular complexity index is 2730. The first-order valence-corrected chi connectivity index (χ1v) is 17.7. The van der Waals surface area contributed by atoms with Gasteiger partial charge in [0.15, 0.2) is 0 Å². The largest absolute Gasteiger partial charge is 0.264 e. The maximum Gasteiger partial charge on any atom is 0.0991 e. The van der Waals surface area contributed by atoms with Gasteiger partial charge in [-0.15, -0.1) is 11.3 Å². The maximum atomic E-state index is 9.43. The van der Waals surface area contributed by atoms with Gasteiger partial charge in [0.2, 0.25) is 0 Å². The molecule has 3 aromatic heterocycles. The third kappa shape index (κ3) is 5.76. The fraction of sp³-hybridized carbons (Fsp3) is 0. The highest BCUT2D eigenvalue weighted by Gasteiger charge is 2.17. The first kappa shape index (κ1) is 30.4. The number of fused-ring (bicyclic) bond motifs is 3. The Morgan fingerprint density at radius 2 is 0.961 bits per heavy atom. The van der Waals surface area contributed by atoms with Crippen molar-refractivity contribution in [1.82, 2.24) is 9.97 Å². The van der Waals surface area contributed by atoms with Crippen molar-refractivity contribution in [2.24, 2.45) is 0 Å². The molecule has 0 aliphatic rings. The van der Waals surface area contributed by atoms with Crippen LogP contribution in [0, 0.1) is 11.3 Å². The van der Waals surface area contributed by atoms with E-state index < -0.39 is 0 Å². The zero-order valence-electron chi connectivity index (χ0n) is 27.5. The quantitative estimate of drug-likeness (QED) is 0.177. The summed E-state index contributed by atoms with van der Waals surface area (Å²) >= 11 is 1.87. The number of hydrogen-bond acceptors (Lipinski definition) is 4. The van der Waals surface area contributed by atoms with E-state index in [4.69, 9.17) is 4.98 Å². The van der Waals surface area contributed by atoms with E-state index in [2.05, 4.69) is 126 Å². The van der Waals surface area contributed by atoms with Crippen molar-refractivity contribution in [2.75, 3.05) is 0 Å². The molecule has 9 rings (SSSR count). The minimum absolute atomic E-state index is 0.623. The third-order valence-corrected chi connectivity index (χ3v) is 10.7. The van der Waals surface area contributed by atoms with Gasteiger partial charge in [0, 0.05) is 49.3 Å². The number of benzene rings is 6. The molecule has 9 aromatic rings. The molecule has 0 aliphatic heterocycles. The Morgan fingerprint density at radius 3 is 1.57 bits per heavy atom. The van der Waals surface area contributed by atoms with Crippen molar-refractivity contribution in [1.29, 1.82) is 5.26 Å². The topological polar surface area (TPSA) is 49.6 Å². The zero-order valence-corrected chi connectivity index (χ0v) is 28.3. The number of hydrogen-bond donors (Lipinski definition) is 0. The first-order chi connectivity index (χ1) is 25.2. The number of pyridine rings is 2. The van der Waals surface area contributed by atoms with Crippen LogP contribution in [0.1, 0.15) is 5.56 Å². The summed E-state index contributed by atoms with van der Waals surface area (Å²) in [5.74, 6) is 0. The highest BCUT2D eigenvalue weighted by Crippen LogP contribution is 2.45. The normalized spacial score (nSPS) is 11.1. The molecule has 0 radical (unpaired) electrons. The van der Waals surface area contributed by atoms with Crippen LogP contribution in [-0.2, 0) is 0 Å². The summed E-state index contributed by atoms with van der Waals surface area (Å²) in [6, 6.07) is 59.5. The Morgan fingerprint density at radius 1 is 0.431 bits per heavy atom. The van der Waals surface area contributed by atoms with Crippen LogP contribution >= 0.6 is 11.3 Å². The molecule has 0 amide bonds. The molecule has 0 unspecified atom stereocenters. The van der Waals surface area contributed by atoms with E-state index in [0.29, 0.717) is 5.56 Å². The second-order valence-corrected chi connectivity index (χ2v) is 13.6. The van der Waals surface area contributed by atoms with Gasteiger partial charge in [-0.05, 0) is 87.5 Å². The molecule has 0 aliphatic carbocycles. The van der Waals surface area contributed by atoms with Crippen LogP contribution < -0.4 is 0 Å². The molecule has 0 saturated carbocycles. The Kier molecular flexibility index (Phi) is 7.74. The number of thiophene rings is 1. The van der Waals surface area contributed by atoms with Gasteiger partial charge in [0.25, 0.3) is 0 Å². The molecule has 3 heterocycles. The molecule has 51 heavy (non-hydrogen) atoms. The van der Waals surface area contributed by atoms with Crippen molar-refractivity contribution in [2.45, 2.75) is 0 Å². The Balaban J connectivity index is 1.27. The molecule has 0 N–H and O–H groups in total. The summed E-state index contributed by atoms with van der Waals surface area (Å²) in [4.78, 5) is 9.60. The molecule has 4 heteroatoms. The fourth-order valence-electron chi connectivity index (χ4n) is 6.86. The van der Waals surface area contributed by atoms with Crippen LogP contribution in [0.15, 0.2) is 176 Å². The number of aromatic nitrogens is 2. The lowest BCUT2D eigenvalue weighted by molar-refractivity contribution is 1.32. The van der Waals surface area contributed by atoms with Crippen molar-refractivity contribution >= 4 is 31.5 Å². The monoisotopic (exact) mass is 667 g/mol. The maximum absolute atomic E-state index is 9.43. The van der Waals surface area contributed by atoms with E-state index >= 15 is 0 Å². The summed E-state index contributed by atoms with van der Waals surface area (Å²) in [5, 5.41) is 12.0. The highest BCUT2D eigenvalue weighted by molar-refractivity contribution is 7.26. The highest BCUT2D eigenvalue weighted by atomic mass is 32.1. The molecule has 0 spiro atoms. The molecule has 3 nitrogen and oxygen atoms in total. The van der Waals surface area contributed by atoms with Gasteiger partial charge in [0.1, 0.15) is 0 Å². The van der Waals surface area contributed by atoms with Crippen molar-refractivity contribution in [3.8, 4) is 73.1 Å². The van der Waals surface area contributed by atoms with Gasteiger partial charge < -0.3 is 0 Å². The summed E-state index contributed by atoms with van der Waals surface area (Å²) < 4.78 is 2.56. The molecule has 238 valence electrons. The lowest BCUT2D eigenvalue weighted by Gasteiger charge is -2.14. The van der Waals surface area contributed by atoms with Crippen LogP contribution in [0.5, 0.6) is 0 Å². The van der Waals surface area contributed by atoms with Gasteiger partial charge in [-0.3, -0.25) is 4.98 Å². The zero-order chi connectivity index (χ0) is 34.1. The number of nitrogens with zero attached hydrogens (tertiary/aromatic N) is 3. The van der Waals surface area contributed by atoms with E-state index in [1.54, 1.807) is 0 Å². The van der Waals surface area contributed by atoms with E-state index in [0.717, 1.165) is 50.3 Å². The minimum Gasteiger partial charge on any atom is -0.264 e. The molecule has 0 fully saturated rings. The molecule has 0 bridgehead atoms. The molecular weight excluding hydrogens is 639 g/mol. The summed E-state index contributed by atoms with van der Waals surface area (Å²) in [5.41, 5.74) is 13.5. The third-order valence-electron chi connectivity index (χ3n) is 9.39. The van der Waals surface area contributed by atoms with Crippen molar-refractivity contribution in [3.05, 3.63) is 182 Å². The average Bonchev–Trinajstić information content (AvgIpc) is 3.61. The minimum atomic E-state index is 0.623. The fourth-order valence-corrected chi connectivity index (χ4v) is 8.23. The van der Waals surface area contributed by atoms with Crippen LogP contribution in [0.25, 0.3) is 87.2 Å². The van der Waals surface area contributed by atoms with E-state index in [1.165, 1.54) is 36.9 Å². The molecule has 0 saturated heterocycles. The van der Waals surface area contributed by atoms with Gasteiger partial charge in [0.05, 0.1) is 23.0 Å². The first-order valence-electron chi connectivity index (χ1n) is 16.9. The van der Waals surface area contributed by atoms with Crippen molar-refractivity contribution in [3.63, 3.8) is 0 Å². The van der Waals surface area contributed by atoms with Crippen molar-refractivity contribution < 1.29 is 0 Å². The summed E-state index contributed by atoms with van der Waals surface area (Å²) in [6.07, 6.45) is 3.74. The Hall–Kier alpha value is -6.67. The van der Waals surface area contributed by atoms with E-state index in [9.17, 15) is 5.26 Å². The van der Waals surface area contributed by atoms with Gasteiger partial charge in [-0.1, -0.05) is 115 Å². The number of rotatable bonds is 6. The van der Waals surface area contributed by atoms with Crippen LogP contribution in [-0.4, -0.2) is 9.97 Å². The Labute approximate surface area is 300 Å². The second-order valence-electron chi connectivity index (χ2n) is 12.6. The summed E-state index contributed by atoms with van der Waals surface area (Å²) in [7, 11) is 0. The van der Waals surface area contributed by atoms with Crippen LogP contribution in [0.4, 0.5) is 0 Å². The molecule has 0 atom stereocenters. The van der Waals surface area contributed by atoms with E-state index in [1.807, 2.05) is 72.3 Å².